The van der Waals surface area contributed by atoms with Gasteiger partial charge in [-0.15, -0.1) is 34.2 Å². The SMILES string of the molecule is CCNC(=NCc1nncn1CC)N1CCC(CC(C)C)C1.I. The molecule has 0 aromatic carbocycles. The summed E-state index contributed by atoms with van der Waals surface area (Å²) in [6.07, 6.45) is 4.35. The van der Waals surface area contributed by atoms with Crippen LogP contribution in [0.3, 0.4) is 0 Å². The van der Waals surface area contributed by atoms with Crippen molar-refractivity contribution in [1.82, 2.24) is 25.0 Å². The molecule has 7 heteroatoms. The first-order valence-corrected chi connectivity index (χ1v) is 8.53. The fraction of sp³-hybridized carbons (Fsp3) is 0.812. The smallest absolute Gasteiger partial charge is 0.194 e. The van der Waals surface area contributed by atoms with Crippen molar-refractivity contribution in [3.05, 3.63) is 12.2 Å². The van der Waals surface area contributed by atoms with E-state index in [1.54, 1.807) is 6.33 Å². The fourth-order valence-electron chi connectivity index (χ4n) is 3.12. The molecule has 1 atom stereocenters. The van der Waals surface area contributed by atoms with E-state index in [0.29, 0.717) is 6.54 Å². The summed E-state index contributed by atoms with van der Waals surface area (Å²) in [5, 5.41) is 11.5. The Hall–Kier alpha value is -0.860. The van der Waals surface area contributed by atoms with Crippen LogP contribution in [0.2, 0.25) is 0 Å². The molecule has 1 unspecified atom stereocenters. The summed E-state index contributed by atoms with van der Waals surface area (Å²) in [6.45, 7) is 13.4. The van der Waals surface area contributed by atoms with Gasteiger partial charge in [0, 0.05) is 26.2 Å². The molecular formula is C16H31IN6. The molecule has 0 bridgehead atoms. The van der Waals surface area contributed by atoms with Crippen LogP contribution in [0, 0.1) is 11.8 Å². The molecule has 1 aliphatic rings. The van der Waals surface area contributed by atoms with Crippen molar-refractivity contribution in [2.45, 2.75) is 53.6 Å². The monoisotopic (exact) mass is 434 g/mol. The lowest BCUT2D eigenvalue weighted by Gasteiger charge is -2.22. The maximum atomic E-state index is 4.77. The number of nitrogens with zero attached hydrogens (tertiary/aromatic N) is 5. The second kappa shape index (κ2) is 10.1. The predicted octanol–water partition coefficient (Wildman–Crippen LogP) is 2.75. The van der Waals surface area contributed by atoms with Gasteiger partial charge in [-0.3, -0.25) is 0 Å². The zero-order valence-electron chi connectivity index (χ0n) is 14.8. The van der Waals surface area contributed by atoms with Gasteiger partial charge in [-0.05, 0) is 38.5 Å². The van der Waals surface area contributed by atoms with Crippen molar-refractivity contribution in [3.8, 4) is 0 Å². The number of nitrogens with one attached hydrogen (secondary N) is 1. The van der Waals surface area contributed by atoms with Crippen molar-refractivity contribution in [1.29, 1.82) is 0 Å². The summed E-state index contributed by atoms with van der Waals surface area (Å²) in [6, 6.07) is 0. The Bertz CT molecular complexity index is 485. The minimum atomic E-state index is 0. The first-order valence-electron chi connectivity index (χ1n) is 8.53. The van der Waals surface area contributed by atoms with E-state index in [1.165, 1.54) is 12.8 Å². The molecule has 0 amide bonds. The van der Waals surface area contributed by atoms with E-state index < -0.39 is 0 Å². The topological polar surface area (TPSA) is 58.3 Å². The van der Waals surface area contributed by atoms with Crippen molar-refractivity contribution in [3.63, 3.8) is 0 Å². The summed E-state index contributed by atoms with van der Waals surface area (Å²) in [5.41, 5.74) is 0. The van der Waals surface area contributed by atoms with Gasteiger partial charge in [0.05, 0.1) is 0 Å². The Morgan fingerprint density at radius 1 is 1.43 bits per heavy atom. The summed E-state index contributed by atoms with van der Waals surface area (Å²) in [7, 11) is 0. The number of aryl methyl sites for hydroxylation is 1. The minimum Gasteiger partial charge on any atom is -0.357 e. The van der Waals surface area contributed by atoms with Crippen molar-refractivity contribution in [2.75, 3.05) is 19.6 Å². The maximum Gasteiger partial charge on any atom is 0.194 e. The summed E-state index contributed by atoms with van der Waals surface area (Å²) in [5.74, 6) is 3.51. The molecule has 0 spiro atoms. The highest BCUT2D eigenvalue weighted by Gasteiger charge is 2.25. The van der Waals surface area contributed by atoms with E-state index in [9.17, 15) is 0 Å². The molecule has 2 rings (SSSR count). The van der Waals surface area contributed by atoms with E-state index in [4.69, 9.17) is 4.99 Å². The average molecular weight is 434 g/mol. The van der Waals surface area contributed by atoms with Crippen LogP contribution in [0.15, 0.2) is 11.3 Å². The van der Waals surface area contributed by atoms with Gasteiger partial charge in [-0.1, -0.05) is 13.8 Å². The number of likely N-dealkylation sites (tertiary alicyclic amines) is 1. The molecule has 1 saturated heterocycles. The Morgan fingerprint density at radius 2 is 2.22 bits per heavy atom. The van der Waals surface area contributed by atoms with Gasteiger partial charge < -0.3 is 14.8 Å². The lowest BCUT2D eigenvalue weighted by atomic mass is 9.97. The van der Waals surface area contributed by atoms with Crippen molar-refractivity contribution >= 4 is 29.9 Å². The van der Waals surface area contributed by atoms with Crippen LogP contribution in [-0.2, 0) is 13.1 Å². The number of aliphatic imine (C=N–C) groups is 1. The van der Waals surface area contributed by atoms with E-state index in [1.807, 2.05) is 4.57 Å². The van der Waals surface area contributed by atoms with Crippen LogP contribution in [0.1, 0.15) is 46.4 Å². The second-order valence-electron chi connectivity index (χ2n) is 6.43. The number of hydrogen-bond acceptors (Lipinski definition) is 3. The Morgan fingerprint density at radius 3 is 2.87 bits per heavy atom. The normalized spacial score (nSPS) is 18.4. The standard InChI is InChI=1S/C16H30N6.HI/c1-5-17-16(18-10-15-20-19-12-21(15)6-2)22-8-7-14(11-22)9-13(3)4;/h12-14H,5-11H2,1-4H3,(H,17,18);1H. The van der Waals surface area contributed by atoms with Gasteiger partial charge >= 0.3 is 0 Å². The van der Waals surface area contributed by atoms with Gasteiger partial charge in [0.25, 0.3) is 0 Å². The van der Waals surface area contributed by atoms with Gasteiger partial charge in [0.15, 0.2) is 11.8 Å². The number of halogens is 1. The lowest BCUT2D eigenvalue weighted by Crippen LogP contribution is -2.40. The molecule has 1 aromatic heterocycles. The molecule has 2 heterocycles. The molecule has 1 N–H and O–H groups in total. The molecule has 1 aliphatic heterocycles. The van der Waals surface area contributed by atoms with E-state index in [-0.39, 0.29) is 24.0 Å². The van der Waals surface area contributed by atoms with Crippen LogP contribution in [-0.4, -0.2) is 45.3 Å². The number of rotatable bonds is 6. The Labute approximate surface area is 157 Å². The molecule has 0 radical (unpaired) electrons. The van der Waals surface area contributed by atoms with Gasteiger partial charge in [0.1, 0.15) is 12.9 Å². The van der Waals surface area contributed by atoms with E-state index >= 15 is 0 Å². The van der Waals surface area contributed by atoms with Gasteiger partial charge in [0.2, 0.25) is 0 Å². The highest BCUT2D eigenvalue weighted by atomic mass is 127. The molecule has 6 nitrogen and oxygen atoms in total. The quantitative estimate of drug-likeness (QED) is 0.425. The molecule has 0 saturated carbocycles. The third-order valence-corrected chi connectivity index (χ3v) is 4.13. The van der Waals surface area contributed by atoms with Gasteiger partial charge in [-0.2, -0.15) is 0 Å². The zero-order chi connectivity index (χ0) is 15.9. The number of aromatic nitrogens is 3. The second-order valence-corrected chi connectivity index (χ2v) is 6.43. The summed E-state index contributed by atoms with van der Waals surface area (Å²) in [4.78, 5) is 7.16. The van der Waals surface area contributed by atoms with E-state index in [0.717, 1.165) is 49.8 Å². The molecule has 0 aliphatic carbocycles. The van der Waals surface area contributed by atoms with E-state index in [2.05, 4.69) is 48.1 Å². The van der Waals surface area contributed by atoms with Crippen LogP contribution in [0.5, 0.6) is 0 Å². The average Bonchev–Trinajstić information content (AvgIpc) is 3.11. The highest BCUT2D eigenvalue weighted by molar-refractivity contribution is 14.0. The van der Waals surface area contributed by atoms with Crippen LogP contribution >= 0.6 is 24.0 Å². The molecule has 23 heavy (non-hydrogen) atoms. The Balaban J connectivity index is 0.00000264. The van der Waals surface area contributed by atoms with Crippen LogP contribution < -0.4 is 5.32 Å². The van der Waals surface area contributed by atoms with Crippen molar-refractivity contribution < 1.29 is 0 Å². The fourth-order valence-corrected chi connectivity index (χ4v) is 3.12. The Kier molecular flexibility index (Phi) is 8.86. The lowest BCUT2D eigenvalue weighted by molar-refractivity contribution is 0.403. The number of hydrogen-bond donors (Lipinski definition) is 1. The summed E-state index contributed by atoms with van der Waals surface area (Å²) < 4.78 is 2.04. The van der Waals surface area contributed by atoms with Crippen molar-refractivity contribution in [2.24, 2.45) is 16.8 Å². The predicted molar refractivity (Wildman–Crippen MR) is 105 cm³/mol. The molecular weight excluding hydrogens is 403 g/mol. The number of guanidine groups is 1. The summed E-state index contributed by atoms with van der Waals surface area (Å²) >= 11 is 0. The third-order valence-electron chi connectivity index (χ3n) is 4.13. The third kappa shape index (κ3) is 5.93. The zero-order valence-corrected chi connectivity index (χ0v) is 17.2. The van der Waals surface area contributed by atoms with Crippen LogP contribution in [0.4, 0.5) is 0 Å². The largest absolute Gasteiger partial charge is 0.357 e. The minimum absolute atomic E-state index is 0. The maximum absolute atomic E-state index is 4.77. The van der Waals surface area contributed by atoms with Gasteiger partial charge in [-0.25, -0.2) is 4.99 Å². The first-order chi connectivity index (χ1) is 10.6. The highest BCUT2D eigenvalue weighted by Crippen LogP contribution is 2.23. The van der Waals surface area contributed by atoms with Crippen LogP contribution in [0.25, 0.3) is 0 Å². The molecule has 1 aromatic rings. The first kappa shape index (κ1) is 20.2. The molecule has 1 fully saturated rings. The molecule has 132 valence electrons.